The number of H-pyrrole nitrogens is 1. The lowest BCUT2D eigenvalue weighted by atomic mass is 10.1. The van der Waals surface area contributed by atoms with Crippen LogP contribution in [0.3, 0.4) is 0 Å². The Hall–Kier alpha value is -1.08. The highest BCUT2D eigenvalue weighted by Gasteiger charge is 2.45. The van der Waals surface area contributed by atoms with Gasteiger partial charge in [-0.25, -0.2) is 8.42 Å². The van der Waals surface area contributed by atoms with Crippen molar-refractivity contribution in [1.29, 1.82) is 0 Å². The first kappa shape index (κ1) is 16.3. The molecule has 0 aromatic carbocycles. The molecule has 2 rings (SSSR count). The van der Waals surface area contributed by atoms with E-state index in [0.29, 0.717) is 18.2 Å². The maximum atomic E-state index is 12.2. The molecule has 8 heteroatoms. The topological polar surface area (TPSA) is 91.9 Å². The summed E-state index contributed by atoms with van der Waals surface area (Å²) < 4.78 is 23.4. The minimum atomic E-state index is -4.04. The van der Waals surface area contributed by atoms with Gasteiger partial charge in [-0.3, -0.25) is 9.89 Å². The number of rotatable bonds is 5. The Morgan fingerprint density at radius 2 is 2.10 bits per heavy atom. The Labute approximate surface area is 129 Å². The second-order valence-corrected chi connectivity index (χ2v) is 9.01. The molecule has 2 N–H and O–H groups in total. The van der Waals surface area contributed by atoms with E-state index in [2.05, 4.69) is 29.4 Å². The van der Waals surface area contributed by atoms with Crippen molar-refractivity contribution in [1.82, 2.24) is 15.5 Å². The van der Waals surface area contributed by atoms with Crippen molar-refractivity contribution in [3.63, 3.8) is 0 Å². The number of nitrogens with one attached hydrogen (secondary N) is 2. The van der Waals surface area contributed by atoms with Crippen LogP contribution in [0.25, 0.3) is 0 Å². The summed E-state index contributed by atoms with van der Waals surface area (Å²) in [5.41, 5.74) is 0.428. The maximum absolute atomic E-state index is 12.2. The van der Waals surface area contributed by atoms with Gasteiger partial charge in [-0.2, -0.15) is 5.10 Å². The Kier molecular flexibility index (Phi) is 4.10. The summed E-state index contributed by atoms with van der Waals surface area (Å²) in [4.78, 5) is 12.0. The van der Waals surface area contributed by atoms with Gasteiger partial charge in [-0.15, -0.1) is 0 Å². The van der Waals surface area contributed by atoms with Gasteiger partial charge in [-0.1, -0.05) is 27.7 Å². The fourth-order valence-electron chi connectivity index (χ4n) is 2.36. The van der Waals surface area contributed by atoms with Crippen molar-refractivity contribution in [3.05, 3.63) is 11.4 Å². The van der Waals surface area contributed by atoms with E-state index in [-0.39, 0.29) is 21.9 Å². The highest BCUT2D eigenvalue weighted by molar-refractivity contribution is 8.13. The van der Waals surface area contributed by atoms with Crippen LogP contribution in [0.1, 0.15) is 56.2 Å². The average molecular weight is 334 g/mol. The summed E-state index contributed by atoms with van der Waals surface area (Å²) in [7, 11) is 1.41. The number of amides is 1. The van der Waals surface area contributed by atoms with Gasteiger partial charge in [0.2, 0.25) is 0 Å². The van der Waals surface area contributed by atoms with E-state index in [1.807, 2.05) is 0 Å². The molecule has 21 heavy (non-hydrogen) atoms. The highest BCUT2D eigenvalue weighted by Crippen LogP contribution is 2.51. The molecule has 0 aliphatic heterocycles. The Balaban J connectivity index is 2.21. The van der Waals surface area contributed by atoms with Gasteiger partial charge in [0.1, 0.15) is 4.90 Å². The van der Waals surface area contributed by atoms with Gasteiger partial charge < -0.3 is 5.32 Å². The number of carbonyl (C=O) groups is 1. The average Bonchev–Trinajstić information content (AvgIpc) is 2.76. The summed E-state index contributed by atoms with van der Waals surface area (Å²) in [6.07, 6.45) is 1.05. The van der Waals surface area contributed by atoms with E-state index >= 15 is 0 Å². The summed E-state index contributed by atoms with van der Waals surface area (Å²) in [5, 5.41) is 9.18. The molecule has 1 aromatic heterocycles. The van der Waals surface area contributed by atoms with Crippen LogP contribution in [0.5, 0.6) is 0 Å². The van der Waals surface area contributed by atoms with Crippen molar-refractivity contribution >= 4 is 25.6 Å². The zero-order chi connectivity index (χ0) is 16.0. The van der Waals surface area contributed by atoms with Crippen LogP contribution in [0, 0.1) is 11.3 Å². The lowest BCUT2D eigenvalue weighted by molar-refractivity contribution is 0.0942. The molecule has 1 aliphatic carbocycles. The number of hydrogen-bond acceptors (Lipinski definition) is 4. The fourth-order valence-corrected chi connectivity index (χ4v) is 3.74. The molecule has 118 valence electrons. The molecule has 1 saturated carbocycles. The normalized spacial score (nSPS) is 20.6. The van der Waals surface area contributed by atoms with Crippen molar-refractivity contribution in [2.45, 2.75) is 44.9 Å². The van der Waals surface area contributed by atoms with E-state index < -0.39 is 15.0 Å². The van der Waals surface area contributed by atoms with Crippen LogP contribution >= 0.6 is 10.7 Å². The van der Waals surface area contributed by atoms with Crippen molar-refractivity contribution < 1.29 is 13.2 Å². The smallest absolute Gasteiger partial charge is 0.273 e. The van der Waals surface area contributed by atoms with Gasteiger partial charge in [-0.05, 0) is 23.7 Å². The van der Waals surface area contributed by atoms with Crippen LogP contribution in [0.2, 0.25) is 0 Å². The monoisotopic (exact) mass is 333 g/mol. The third-order valence-corrected chi connectivity index (χ3v) is 5.37. The molecule has 1 unspecified atom stereocenters. The molecule has 6 nitrogen and oxygen atoms in total. The van der Waals surface area contributed by atoms with E-state index in [4.69, 9.17) is 10.7 Å². The minimum absolute atomic E-state index is 0.134. The molecule has 1 heterocycles. The van der Waals surface area contributed by atoms with Gasteiger partial charge in [0.25, 0.3) is 15.0 Å². The number of carbonyl (C=O) groups excluding carboxylic acids is 1. The lowest BCUT2D eigenvalue weighted by Crippen LogP contribution is -2.28. The zero-order valence-electron chi connectivity index (χ0n) is 12.5. The quantitative estimate of drug-likeness (QED) is 0.808. The van der Waals surface area contributed by atoms with Gasteiger partial charge in [0, 0.05) is 17.2 Å². The number of aromatic amines is 1. The highest BCUT2D eigenvalue weighted by atomic mass is 35.7. The van der Waals surface area contributed by atoms with Crippen LogP contribution in [0.15, 0.2) is 4.90 Å². The molecular formula is C13H20ClN3O3S. The van der Waals surface area contributed by atoms with E-state index in [0.717, 1.165) is 6.42 Å². The SMILES string of the molecule is CC(C)c1[nH]nc(C(=O)NCC2CC2(C)C)c1S(=O)(=O)Cl. The summed E-state index contributed by atoms with van der Waals surface area (Å²) in [6, 6.07) is 0. The van der Waals surface area contributed by atoms with Crippen molar-refractivity contribution in [2.75, 3.05) is 6.54 Å². The molecule has 0 bridgehead atoms. The van der Waals surface area contributed by atoms with Crippen LogP contribution in [0.4, 0.5) is 0 Å². The van der Waals surface area contributed by atoms with E-state index in [1.54, 1.807) is 13.8 Å². The molecule has 1 amide bonds. The molecule has 1 atom stereocenters. The third kappa shape index (κ3) is 3.40. The van der Waals surface area contributed by atoms with Crippen molar-refractivity contribution in [3.8, 4) is 0 Å². The fraction of sp³-hybridized carbons (Fsp3) is 0.692. The largest absolute Gasteiger partial charge is 0.350 e. The van der Waals surface area contributed by atoms with Crippen LogP contribution in [-0.2, 0) is 9.05 Å². The summed E-state index contributed by atoms with van der Waals surface area (Å²) in [5.74, 6) is -0.231. The molecule has 0 saturated heterocycles. The first-order chi connectivity index (χ1) is 9.54. The van der Waals surface area contributed by atoms with Gasteiger partial charge in [0.15, 0.2) is 5.69 Å². The number of aromatic nitrogens is 2. The predicted octanol–water partition coefficient (Wildman–Crippen LogP) is 2.24. The number of nitrogens with zero attached hydrogens (tertiary/aromatic N) is 1. The first-order valence-corrected chi connectivity index (χ1v) is 9.16. The molecular weight excluding hydrogens is 314 g/mol. The van der Waals surface area contributed by atoms with Gasteiger partial charge >= 0.3 is 0 Å². The second kappa shape index (κ2) is 5.28. The lowest BCUT2D eigenvalue weighted by Gasteiger charge is -2.07. The molecule has 1 aromatic rings. The number of hydrogen-bond donors (Lipinski definition) is 2. The minimum Gasteiger partial charge on any atom is -0.350 e. The number of halogens is 1. The second-order valence-electron chi connectivity index (χ2n) is 6.51. The standard InChI is InChI=1S/C13H20ClN3O3S/c1-7(2)9-11(21(14,19)20)10(17-16-9)12(18)15-6-8-5-13(8,3)4/h7-8H,5-6H2,1-4H3,(H,15,18)(H,16,17). The predicted molar refractivity (Wildman–Crippen MR) is 79.9 cm³/mol. The first-order valence-electron chi connectivity index (χ1n) is 6.85. The molecule has 1 aliphatic rings. The Morgan fingerprint density at radius 3 is 2.52 bits per heavy atom. The Bertz CT molecular complexity index is 664. The molecule has 1 fully saturated rings. The third-order valence-electron chi connectivity index (χ3n) is 4.01. The van der Waals surface area contributed by atoms with E-state index in [1.165, 1.54) is 0 Å². The van der Waals surface area contributed by atoms with Gasteiger partial charge in [0.05, 0.1) is 5.69 Å². The Morgan fingerprint density at radius 1 is 1.52 bits per heavy atom. The summed E-state index contributed by atoms with van der Waals surface area (Å²) >= 11 is 0. The van der Waals surface area contributed by atoms with Crippen molar-refractivity contribution in [2.24, 2.45) is 11.3 Å². The molecule has 0 radical (unpaired) electrons. The summed E-state index contributed by atoms with van der Waals surface area (Å²) in [6.45, 7) is 8.37. The molecule has 0 spiro atoms. The van der Waals surface area contributed by atoms with E-state index in [9.17, 15) is 13.2 Å². The van der Waals surface area contributed by atoms with Crippen LogP contribution in [-0.4, -0.2) is 31.1 Å². The van der Waals surface area contributed by atoms with Crippen LogP contribution < -0.4 is 5.32 Å². The zero-order valence-corrected chi connectivity index (χ0v) is 14.1. The maximum Gasteiger partial charge on any atom is 0.273 e.